The average molecular weight is 276 g/mol. The molecule has 0 fully saturated rings. The Kier molecular flexibility index (Phi) is 2.79. The molecule has 19 heavy (non-hydrogen) atoms. The van der Waals surface area contributed by atoms with Gasteiger partial charge in [-0.2, -0.15) is 9.61 Å². The van der Waals surface area contributed by atoms with Crippen LogP contribution in [0.5, 0.6) is 0 Å². The summed E-state index contributed by atoms with van der Waals surface area (Å²) in [6.45, 7) is 4.02. The van der Waals surface area contributed by atoms with Crippen molar-refractivity contribution >= 4 is 22.8 Å². The highest BCUT2D eigenvalue weighted by molar-refractivity contribution is 7.11. The summed E-state index contributed by atoms with van der Waals surface area (Å²) in [4.78, 5) is 16.9. The van der Waals surface area contributed by atoms with Gasteiger partial charge >= 0.3 is 5.69 Å². The van der Waals surface area contributed by atoms with E-state index in [-0.39, 0.29) is 11.7 Å². The van der Waals surface area contributed by atoms with E-state index >= 15 is 0 Å². The second kappa shape index (κ2) is 4.47. The van der Waals surface area contributed by atoms with Crippen molar-refractivity contribution in [3.05, 3.63) is 38.7 Å². The van der Waals surface area contributed by atoms with Crippen molar-refractivity contribution in [3.8, 4) is 0 Å². The van der Waals surface area contributed by atoms with Gasteiger partial charge in [-0.05, 0) is 26.0 Å². The molecule has 0 radical (unpaired) electrons. The molecule has 1 unspecified atom stereocenters. The van der Waals surface area contributed by atoms with Gasteiger partial charge in [0.2, 0.25) is 0 Å². The summed E-state index contributed by atoms with van der Waals surface area (Å²) in [5.41, 5.74) is 0.143. The summed E-state index contributed by atoms with van der Waals surface area (Å²) in [6.07, 6.45) is 1.84. The maximum absolute atomic E-state index is 11.4. The van der Waals surface area contributed by atoms with Crippen molar-refractivity contribution in [3.63, 3.8) is 0 Å². The van der Waals surface area contributed by atoms with E-state index in [1.165, 1.54) is 4.52 Å². The number of aromatic nitrogens is 5. The minimum Gasteiger partial charge on any atom is -0.360 e. The number of H-pyrrole nitrogens is 1. The highest BCUT2D eigenvalue weighted by atomic mass is 32.1. The Balaban J connectivity index is 1.88. The van der Waals surface area contributed by atoms with E-state index < -0.39 is 0 Å². The molecule has 0 aliphatic heterocycles. The molecule has 0 spiro atoms. The summed E-state index contributed by atoms with van der Waals surface area (Å²) in [5.74, 6) is 0.608. The minimum atomic E-state index is -0.351. The lowest BCUT2D eigenvalue weighted by Crippen LogP contribution is -2.15. The summed E-state index contributed by atoms with van der Waals surface area (Å²) in [5, 5.41) is 14.6. The quantitative estimate of drug-likeness (QED) is 0.754. The van der Waals surface area contributed by atoms with Crippen LogP contribution in [0, 0.1) is 6.92 Å². The van der Waals surface area contributed by atoms with Gasteiger partial charge in [-0.15, -0.1) is 16.4 Å². The fourth-order valence-electron chi connectivity index (χ4n) is 1.74. The second-order valence-electron chi connectivity index (χ2n) is 4.19. The number of hydrogen-bond acceptors (Lipinski definition) is 6. The number of fused-ring (bicyclic) bond motifs is 1. The predicted molar refractivity (Wildman–Crippen MR) is 72.5 cm³/mol. The van der Waals surface area contributed by atoms with Gasteiger partial charge in [0, 0.05) is 11.1 Å². The third kappa shape index (κ3) is 2.22. The van der Waals surface area contributed by atoms with E-state index in [2.05, 4.69) is 25.6 Å². The molecule has 3 heterocycles. The zero-order valence-corrected chi connectivity index (χ0v) is 11.2. The Labute approximate surface area is 112 Å². The van der Waals surface area contributed by atoms with Crippen LogP contribution in [0.1, 0.15) is 22.9 Å². The van der Waals surface area contributed by atoms with Crippen molar-refractivity contribution in [2.24, 2.45) is 0 Å². The van der Waals surface area contributed by atoms with Crippen LogP contribution < -0.4 is 11.0 Å². The van der Waals surface area contributed by atoms with E-state index in [0.29, 0.717) is 11.5 Å². The first kappa shape index (κ1) is 11.8. The van der Waals surface area contributed by atoms with Gasteiger partial charge in [0.25, 0.3) is 0 Å². The molecule has 2 N–H and O–H groups in total. The first-order valence-electron chi connectivity index (χ1n) is 5.77. The molecule has 3 rings (SSSR count). The summed E-state index contributed by atoms with van der Waals surface area (Å²) in [7, 11) is 0. The Bertz CT molecular complexity index is 773. The molecule has 98 valence electrons. The van der Waals surface area contributed by atoms with Crippen LogP contribution in [0.15, 0.2) is 23.1 Å². The van der Waals surface area contributed by atoms with Gasteiger partial charge in [-0.25, -0.2) is 14.9 Å². The number of nitrogens with one attached hydrogen (secondary N) is 2. The monoisotopic (exact) mass is 276 g/mol. The van der Waals surface area contributed by atoms with E-state index in [9.17, 15) is 4.79 Å². The van der Waals surface area contributed by atoms with Crippen molar-refractivity contribution in [1.29, 1.82) is 0 Å². The highest BCUT2D eigenvalue weighted by Gasteiger charge is 2.11. The van der Waals surface area contributed by atoms with E-state index in [0.717, 1.165) is 9.88 Å². The first-order valence-corrected chi connectivity index (χ1v) is 6.58. The lowest BCUT2D eigenvalue weighted by molar-refractivity contribution is 0.824. The van der Waals surface area contributed by atoms with Gasteiger partial charge in [-0.3, -0.25) is 0 Å². The van der Waals surface area contributed by atoms with Gasteiger partial charge in [0.05, 0.1) is 6.04 Å². The van der Waals surface area contributed by atoms with Gasteiger partial charge in [0.15, 0.2) is 5.65 Å². The number of aryl methyl sites for hydroxylation is 1. The Morgan fingerprint density at radius 2 is 2.32 bits per heavy atom. The topological polar surface area (TPSA) is 88.0 Å². The molecule has 0 aliphatic carbocycles. The molecule has 0 saturated heterocycles. The molecule has 1 atom stereocenters. The van der Waals surface area contributed by atoms with Crippen molar-refractivity contribution in [2.75, 3.05) is 5.32 Å². The smallest absolute Gasteiger partial charge is 0.360 e. The molecule has 0 bridgehead atoms. The van der Waals surface area contributed by atoms with Crippen LogP contribution in [-0.4, -0.2) is 24.8 Å². The lowest BCUT2D eigenvalue weighted by Gasteiger charge is -2.11. The summed E-state index contributed by atoms with van der Waals surface area (Å²) >= 11 is 1.64. The van der Waals surface area contributed by atoms with Crippen LogP contribution in [0.2, 0.25) is 0 Å². The van der Waals surface area contributed by atoms with Crippen molar-refractivity contribution in [1.82, 2.24) is 24.8 Å². The number of aromatic amines is 1. The number of anilines is 1. The molecule has 8 heteroatoms. The molecule has 3 aromatic rings. The number of thiazole rings is 1. The molecule has 7 nitrogen and oxygen atoms in total. The summed E-state index contributed by atoms with van der Waals surface area (Å²) < 4.78 is 1.22. The minimum absolute atomic E-state index is 0.0336. The largest absolute Gasteiger partial charge is 0.364 e. The number of rotatable bonds is 3. The van der Waals surface area contributed by atoms with Crippen LogP contribution in [0.4, 0.5) is 5.82 Å². The van der Waals surface area contributed by atoms with Gasteiger partial charge in [-0.1, -0.05) is 0 Å². The lowest BCUT2D eigenvalue weighted by atomic mass is 10.3. The maximum atomic E-state index is 11.4. The summed E-state index contributed by atoms with van der Waals surface area (Å²) in [6, 6.07) is 3.55. The maximum Gasteiger partial charge on any atom is 0.364 e. The van der Waals surface area contributed by atoms with E-state index in [1.807, 2.05) is 20.0 Å². The number of nitrogens with zero attached hydrogens (tertiary/aromatic N) is 4. The Morgan fingerprint density at radius 3 is 3.05 bits per heavy atom. The second-order valence-corrected chi connectivity index (χ2v) is 5.46. The predicted octanol–water partition coefficient (Wildman–Crippen LogP) is 1.36. The normalized spacial score (nSPS) is 12.7. The fourth-order valence-corrected chi connectivity index (χ4v) is 2.51. The zero-order chi connectivity index (χ0) is 13.4. The van der Waals surface area contributed by atoms with Gasteiger partial charge < -0.3 is 5.32 Å². The van der Waals surface area contributed by atoms with Crippen molar-refractivity contribution in [2.45, 2.75) is 19.9 Å². The van der Waals surface area contributed by atoms with Gasteiger partial charge in [0.1, 0.15) is 10.8 Å². The molecular formula is C11H12N6OS. The zero-order valence-electron chi connectivity index (χ0n) is 10.4. The molecular weight excluding hydrogens is 264 g/mol. The standard InChI is InChI=1S/C11H12N6OS/c1-6-5-12-10(19-6)7(2)13-8-3-4-9-14-15-11(18)17(9)16-8/h3-5,7H,1-2H3,(H,13,16)(H,15,18). The SMILES string of the molecule is Cc1cnc(C(C)Nc2ccc3n[nH]c(=O)n3n2)s1. The molecule has 0 aliphatic rings. The average Bonchev–Trinajstić information content (AvgIpc) is 2.97. The first-order chi connectivity index (χ1) is 9.13. The molecule has 3 aromatic heterocycles. The number of hydrogen-bond donors (Lipinski definition) is 2. The van der Waals surface area contributed by atoms with Crippen LogP contribution in [0.3, 0.4) is 0 Å². The fraction of sp³-hybridized carbons (Fsp3) is 0.273. The van der Waals surface area contributed by atoms with Crippen molar-refractivity contribution < 1.29 is 0 Å². The molecule has 0 amide bonds. The van der Waals surface area contributed by atoms with Crippen LogP contribution in [0.25, 0.3) is 5.65 Å². The van der Waals surface area contributed by atoms with Crippen LogP contribution >= 0.6 is 11.3 Å². The van der Waals surface area contributed by atoms with E-state index in [4.69, 9.17) is 0 Å². The third-order valence-electron chi connectivity index (χ3n) is 2.65. The Hall–Kier alpha value is -2.22. The highest BCUT2D eigenvalue weighted by Crippen LogP contribution is 2.22. The Morgan fingerprint density at radius 1 is 1.47 bits per heavy atom. The van der Waals surface area contributed by atoms with E-state index in [1.54, 1.807) is 23.5 Å². The third-order valence-corrected chi connectivity index (χ3v) is 3.74. The molecule has 0 aromatic carbocycles. The van der Waals surface area contributed by atoms with Crippen LogP contribution in [-0.2, 0) is 0 Å². The molecule has 0 saturated carbocycles.